The van der Waals surface area contributed by atoms with Gasteiger partial charge in [0.1, 0.15) is 5.82 Å². The van der Waals surface area contributed by atoms with Gasteiger partial charge in [0.15, 0.2) is 0 Å². The number of hydrogen-bond donors (Lipinski definition) is 1. The van der Waals surface area contributed by atoms with Gasteiger partial charge >= 0.3 is 0 Å². The zero-order valence-electron chi connectivity index (χ0n) is 14.3. The predicted octanol–water partition coefficient (Wildman–Crippen LogP) is 2.71. The van der Waals surface area contributed by atoms with Gasteiger partial charge in [0.25, 0.3) is 5.91 Å². The van der Waals surface area contributed by atoms with Crippen LogP contribution in [0.25, 0.3) is 0 Å². The molecule has 0 aliphatic carbocycles. The molecule has 0 heterocycles. The standard InChI is InChI=1S/C18H20ClFN2O3S/c1-26(24,25)22(11-9-14-5-7-16(19)8-6-14)12-10-21-18(23)15-3-2-4-17(20)13-15/h2-8,13H,9-12H2,1H3,(H,21,23). The maximum absolute atomic E-state index is 13.1. The number of amides is 1. The summed E-state index contributed by atoms with van der Waals surface area (Å²) >= 11 is 5.84. The number of sulfonamides is 1. The van der Waals surface area contributed by atoms with Crippen LogP contribution < -0.4 is 5.32 Å². The largest absolute Gasteiger partial charge is 0.351 e. The van der Waals surface area contributed by atoms with Crippen molar-refractivity contribution in [3.63, 3.8) is 0 Å². The lowest BCUT2D eigenvalue weighted by Gasteiger charge is -2.20. The minimum absolute atomic E-state index is 0.128. The Morgan fingerprint density at radius 1 is 1.15 bits per heavy atom. The summed E-state index contributed by atoms with van der Waals surface area (Å²) in [5.74, 6) is -0.950. The quantitative estimate of drug-likeness (QED) is 0.743. The maximum Gasteiger partial charge on any atom is 0.251 e. The molecule has 0 spiro atoms. The summed E-state index contributed by atoms with van der Waals surface area (Å²) in [7, 11) is -3.42. The van der Waals surface area contributed by atoms with Crippen LogP contribution in [0.3, 0.4) is 0 Å². The Balaban J connectivity index is 1.89. The van der Waals surface area contributed by atoms with Crippen LogP contribution >= 0.6 is 11.6 Å². The molecule has 1 amide bonds. The molecule has 140 valence electrons. The van der Waals surface area contributed by atoms with Gasteiger partial charge in [0.05, 0.1) is 6.26 Å². The number of benzene rings is 2. The average molecular weight is 399 g/mol. The van der Waals surface area contributed by atoms with Gasteiger partial charge in [-0.1, -0.05) is 29.8 Å². The van der Waals surface area contributed by atoms with E-state index in [0.29, 0.717) is 11.4 Å². The summed E-state index contributed by atoms with van der Waals surface area (Å²) in [5.41, 5.74) is 1.16. The van der Waals surface area contributed by atoms with Crippen LogP contribution in [0.4, 0.5) is 4.39 Å². The first-order valence-electron chi connectivity index (χ1n) is 7.99. The lowest BCUT2D eigenvalue weighted by molar-refractivity contribution is 0.0951. The topological polar surface area (TPSA) is 66.5 Å². The van der Waals surface area contributed by atoms with Crippen LogP contribution in [0.2, 0.25) is 5.02 Å². The molecule has 0 saturated carbocycles. The number of halogens is 2. The van der Waals surface area contributed by atoms with Crippen molar-refractivity contribution in [2.75, 3.05) is 25.9 Å². The van der Waals surface area contributed by atoms with E-state index in [-0.39, 0.29) is 25.2 Å². The van der Waals surface area contributed by atoms with Gasteiger partial charge in [-0.15, -0.1) is 0 Å². The zero-order chi connectivity index (χ0) is 19.2. The van der Waals surface area contributed by atoms with Crippen LogP contribution in [-0.2, 0) is 16.4 Å². The highest BCUT2D eigenvalue weighted by Crippen LogP contribution is 2.11. The smallest absolute Gasteiger partial charge is 0.251 e. The van der Waals surface area contributed by atoms with Crippen LogP contribution in [-0.4, -0.2) is 44.5 Å². The fraction of sp³-hybridized carbons (Fsp3) is 0.278. The van der Waals surface area contributed by atoms with Gasteiger partial charge in [0.2, 0.25) is 10.0 Å². The highest BCUT2D eigenvalue weighted by Gasteiger charge is 2.16. The Morgan fingerprint density at radius 2 is 1.85 bits per heavy atom. The fourth-order valence-electron chi connectivity index (χ4n) is 2.37. The first-order valence-corrected chi connectivity index (χ1v) is 10.2. The van der Waals surface area contributed by atoms with E-state index in [9.17, 15) is 17.6 Å². The van der Waals surface area contributed by atoms with Crippen molar-refractivity contribution in [3.8, 4) is 0 Å². The highest BCUT2D eigenvalue weighted by atomic mass is 35.5. The Bertz CT molecular complexity index is 857. The van der Waals surface area contributed by atoms with Crippen LogP contribution in [0, 0.1) is 5.82 Å². The summed E-state index contributed by atoms with van der Waals surface area (Å²) in [6, 6.07) is 12.5. The van der Waals surface area contributed by atoms with E-state index in [2.05, 4.69) is 5.32 Å². The highest BCUT2D eigenvalue weighted by molar-refractivity contribution is 7.88. The Hall–Kier alpha value is -1.96. The SMILES string of the molecule is CS(=O)(=O)N(CCNC(=O)c1cccc(F)c1)CCc1ccc(Cl)cc1. The average Bonchev–Trinajstić information content (AvgIpc) is 2.58. The lowest BCUT2D eigenvalue weighted by atomic mass is 10.1. The Morgan fingerprint density at radius 3 is 2.46 bits per heavy atom. The summed E-state index contributed by atoms with van der Waals surface area (Å²) in [6.45, 7) is 0.548. The molecule has 2 aromatic rings. The van der Waals surface area contributed by atoms with Crippen molar-refractivity contribution in [1.82, 2.24) is 9.62 Å². The van der Waals surface area contributed by atoms with Gasteiger partial charge < -0.3 is 5.32 Å². The third-order valence-corrected chi connectivity index (χ3v) is 5.32. The van der Waals surface area contributed by atoms with Gasteiger partial charge in [0, 0.05) is 30.2 Å². The lowest BCUT2D eigenvalue weighted by Crippen LogP contribution is -2.39. The van der Waals surface area contributed by atoms with E-state index in [1.165, 1.54) is 22.5 Å². The molecule has 0 aliphatic rings. The van der Waals surface area contributed by atoms with Crippen LogP contribution in [0.15, 0.2) is 48.5 Å². The minimum atomic E-state index is -3.42. The molecule has 0 unspecified atom stereocenters. The normalized spacial score (nSPS) is 11.5. The molecule has 1 N–H and O–H groups in total. The van der Waals surface area contributed by atoms with Crippen LogP contribution in [0.5, 0.6) is 0 Å². The van der Waals surface area contributed by atoms with Crippen molar-refractivity contribution in [3.05, 3.63) is 70.5 Å². The summed E-state index contributed by atoms with van der Waals surface area (Å²) < 4.78 is 38.3. The molecule has 0 fully saturated rings. The fourth-order valence-corrected chi connectivity index (χ4v) is 3.35. The first-order chi connectivity index (χ1) is 12.3. The monoisotopic (exact) mass is 398 g/mol. The number of nitrogens with one attached hydrogen (secondary N) is 1. The second-order valence-corrected chi connectivity index (χ2v) is 8.22. The van der Waals surface area contributed by atoms with Crippen molar-refractivity contribution in [1.29, 1.82) is 0 Å². The number of carbonyl (C=O) groups is 1. The number of rotatable bonds is 8. The van der Waals surface area contributed by atoms with Gasteiger partial charge in [-0.2, -0.15) is 0 Å². The Labute approximate surface area is 157 Å². The molecule has 0 atom stereocenters. The molecular weight excluding hydrogens is 379 g/mol. The molecule has 0 bridgehead atoms. The Kier molecular flexibility index (Phi) is 7.14. The van der Waals surface area contributed by atoms with E-state index in [0.717, 1.165) is 17.9 Å². The molecule has 0 aromatic heterocycles. The molecule has 26 heavy (non-hydrogen) atoms. The molecule has 0 aliphatic heterocycles. The van der Waals surface area contributed by atoms with E-state index in [1.807, 2.05) is 12.1 Å². The molecule has 8 heteroatoms. The van der Waals surface area contributed by atoms with Crippen molar-refractivity contribution < 1.29 is 17.6 Å². The van der Waals surface area contributed by atoms with Gasteiger partial charge in [-0.3, -0.25) is 4.79 Å². The van der Waals surface area contributed by atoms with E-state index < -0.39 is 21.7 Å². The van der Waals surface area contributed by atoms with Crippen molar-refractivity contribution in [2.24, 2.45) is 0 Å². The van der Waals surface area contributed by atoms with Gasteiger partial charge in [-0.05, 0) is 42.3 Å². The second kappa shape index (κ2) is 9.12. The number of carbonyl (C=O) groups excluding carboxylic acids is 1. The number of nitrogens with zero attached hydrogens (tertiary/aromatic N) is 1. The third kappa shape index (κ3) is 6.40. The predicted molar refractivity (Wildman–Crippen MR) is 100 cm³/mol. The summed E-state index contributed by atoms with van der Waals surface area (Å²) in [4.78, 5) is 12.0. The molecule has 0 radical (unpaired) electrons. The van der Waals surface area contributed by atoms with Crippen LogP contribution in [0.1, 0.15) is 15.9 Å². The van der Waals surface area contributed by atoms with Crippen molar-refractivity contribution in [2.45, 2.75) is 6.42 Å². The zero-order valence-corrected chi connectivity index (χ0v) is 15.9. The van der Waals surface area contributed by atoms with E-state index in [4.69, 9.17) is 11.6 Å². The minimum Gasteiger partial charge on any atom is -0.351 e. The molecule has 5 nitrogen and oxygen atoms in total. The summed E-state index contributed by atoms with van der Waals surface area (Å²) in [5, 5.41) is 3.22. The maximum atomic E-state index is 13.1. The van der Waals surface area contributed by atoms with Crippen molar-refractivity contribution >= 4 is 27.5 Å². The second-order valence-electron chi connectivity index (χ2n) is 5.80. The molecular formula is C18H20ClFN2O3S. The molecule has 2 rings (SSSR count). The third-order valence-electron chi connectivity index (χ3n) is 3.77. The van der Waals surface area contributed by atoms with Gasteiger partial charge in [-0.25, -0.2) is 17.1 Å². The molecule has 0 saturated heterocycles. The van der Waals surface area contributed by atoms with E-state index >= 15 is 0 Å². The first kappa shape index (κ1) is 20.4. The molecule has 2 aromatic carbocycles. The van der Waals surface area contributed by atoms with E-state index in [1.54, 1.807) is 12.1 Å². The summed E-state index contributed by atoms with van der Waals surface area (Å²) in [6.07, 6.45) is 1.66. The number of hydrogen-bond acceptors (Lipinski definition) is 3.